The van der Waals surface area contributed by atoms with E-state index >= 15 is 0 Å². The van der Waals surface area contributed by atoms with Crippen molar-refractivity contribution in [1.82, 2.24) is 9.97 Å². The predicted molar refractivity (Wildman–Crippen MR) is 108 cm³/mol. The minimum Gasteiger partial charge on any atom is -0.466 e. The van der Waals surface area contributed by atoms with Crippen molar-refractivity contribution in [3.05, 3.63) is 52.7 Å². The first-order chi connectivity index (χ1) is 14.0. The molecule has 150 valence electrons. The van der Waals surface area contributed by atoms with Gasteiger partial charge in [-0.15, -0.1) is 11.3 Å². The molecule has 2 aromatic heterocycles. The Hall–Kier alpha value is -3.33. The lowest BCUT2D eigenvalue weighted by atomic mass is 10.1. The van der Waals surface area contributed by atoms with Gasteiger partial charge in [0.15, 0.2) is 11.7 Å². The van der Waals surface area contributed by atoms with Crippen LogP contribution in [0.3, 0.4) is 0 Å². The molecule has 1 aromatic carbocycles. The summed E-state index contributed by atoms with van der Waals surface area (Å²) in [6.45, 7) is 3.35. The van der Waals surface area contributed by atoms with Crippen molar-refractivity contribution in [3.8, 4) is 0 Å². The summed E-state index contributed by atoms with van der Waals surface area (Å²) in [6.07, 6.45) is 0.0314. The first-order valence-corrected chi connectivity index (χ1v) is 9.77. The number of hydrogen-bond donors (Lipinski definition) is 1. The molecule has 0 unspecified atom stereocenters. The number of carbonyl (C=O) groups excluding carboxylic acids is 3. The van der Waals surface area contributed by atoms with Gasteiger partial charge in [-0.2, -0.15) is 0 Å². The highest BCUT2D eigenvalue weighted by atomic mass is 32.1. The number of nitrogens with zero attached hydrogens (tertiary/aromatic N) is 2. The van der Waals surface area contributed by atoms with Gasteiger partial charge >= 0.3 is 11.9 Å². The van der Waals surface area contributed by atoms with E-state index in [1.807, 2.05) is 12.1 Å². The summed E-state index contributed by atoms with van der Waals surface area (Å²) in [5.41, 5.74) is 2.21. The van der Waals surface area contributed by atoms with E-state index < -0.39 is 18.5 Å². The van der Waals surface area contributed by atoms with Crippen LogP contribution in [0.4, 0.5) is 5.13 Å². The monoisotopic (exact) mass is 413 g/mol. The second-order valence-corrected chi connectivity index (χ2v) is 6.94. The number of amides is 1. The van der Waals surface area contributed by atoms with Gasteiger partial charge in [0.1, 0.15) is 0 Å². The molecule has 0 atom stereocenters. The summed E-state index contributed by atoms with van der Waals surface area (Å²) >= 11 is 1.17. The topological polar surface area (TPSA) is 107 Å². The predicted octanol–water partition coefficient (Wildman–Crippen LogP) is 2.90. The number of ether oxygens (including phenoxy) is 2. The zero-order valence-corrected chi connectivity index (χ0v) is 16.7. The van der Waals surface area contributed by atoms with E-state index in [2.05, 4.69) is 15.3 Å². The largest absolute Gasteiger partial charge is 0.466 e. The van der Waals surface area contributed by atoms with Crippen LogP contribution >= 0.6 is 11.3 Å². The van der Waals surface area contributed by atoms with Gasteiger partial charge < -0.3 is 9.47 Å². The summed E-state index contributed by atoms with van der Waals surface area (Å²) in [5, 5.41) is 5.18. The summed E-state index contributed by atoms with van der Waals surface area (Å²) in [4.78, 5) is 44.5. The van der Waals surface area contributed by atoms with Crippen LogP contribution in [0.15, 0.2) is 35.7 Å². The fourth-order valence-corrected chi connectivity index (χ4v) is 3.37. The average molecular weight is 413 g/mol. The standard InChI is InChI=1S/C20H19N3O5S/c1-3-27-18(25)9-13-11-29-20(22-13)23-17(24)10-28-19(26)15-8-12(2)21-16-7-5-4-6-14(15)16/h4-8,11H,3,9-10H2,1-2H3,(H,22,23,24). The number of nitrogens with one attached hydrogen (secondary N) is 1. The lowest BCUT2D eigenvalue weighted by Crippen LogP contribution is -2.21. The molecule has 29 heavy (non-hydrogen) atoms. The smallest absolute Gasteiger partial charge is 0.339 e. The zero-order valence-electron chi connectivity index (χ0n) is 15.9. The van der Waals surface area contributed by atoms with E-state index in [0.29, 0.717) is 39.6 Å². The van der Waals surface area contributed by atoms with Crippen LogP contribution < -0.4 is 5.32 Å². The number of carbonyl (C=O) groups is 3. The second-order valence-electron chi connectivity index (χ2n) is 6.08. The Bertz CT molecular complexity index is 1060. The van der Waals surface area contributed by atoms with Crippen molar-refractivity contribution >= 4 is 45.2 Å². The van der Waals surface area contributed by atoms with Gasteiger partial charge in [0, 0.05) is 16.5 Å². The molecule has 1 N–H and O–H groups in total. The van der Waals surface area contributed by atoms with Crippen molar-refractivity contribution in [3.63, 3.8) is 0 Å². The molecule has 0 saturated carbocycles. The molecule has 0 aliphatic carbocycles. The van der Waals surface area contributed by atoms with Gasteiger partial charge in [0.2, 0.25) is 0 Å². The third-order valence-corrected chi connectivity index (χ3v) is 4.63. The lowest BCUT2D eigenvalue weighted by molar-refractivity contribution is -0.142. The Balaban J connectivity index is 1.58. The fourth-order valence-electron chi connectivity index (χ4n) is 2.65. The highest BCUT2D eigenvalue weighted by molar-refractivity contribution is 7.13. The summed E-state index contributed by atoms with van der Waals surface area (Å²) in [5.74, 6) is -1.51. The third kappa shape index (κ3) is 5.35. The van der Waals surface area contributed by atoms with Crippen molar-refractivity contribution in [2.75, 3.05) is 18.5 Å². The maximum atomic E-state index is 12.5. The summed E-state index contributed by atoms with van der Waals surface area (Å²) in [6, 6.07) is 8.85. The summed E-state index contributed by atoms with van der Waals surface area (Å²) in [7, 11) is 0. The number of hydrogen-bond acceptors (Lipinski definition) is 8. The highest BCUT2D eigenvalue weighted by Gasteiger charge is 2.16. The van der Waals surface area contributed by atoms with E-state index in [4.69, 9.17) is 9.47 Å². The van der Waals surface area contributed by atoms with Crippen molar-refractivity contribution in [2.24, 2.45) is 0 Å². The van der Waals surface area contributed by atoms with Crippen LogP contribution in [0, 0.1) is 6.92 Å². The van der Waals surface area contributed by atoms with E-state index in [1.165, 1.54) is 11.3 Å². The molecule has 0 spiro atoms. The molecule has 3 aromatic rings. The maximum Gasteiger partial charge on any atom is 0.339 e. The molecule has 3 rings (SSSR count). The Morgan fingerprint density at radius 2 is 1.93 bits per heavy atom. The SMILES string of the molecule is CCOC(=O)Cc1csc(NC(=O)COC(=O)c2cc(C)nc3ccccc23)n1. The van der Waals surface area contributed by atoms with Gasteiger partial charge in [0.25, 0.3) is 5.91 Å². The zero-order chi connectivity index (χ0) is 20.8. The highest BCUT2D eigenvalue weighted by Crippen LogP contribution is 2.19. The van der Waals surface area contributed by atoms with Gasteiger partial charge in [-0.25, -0.2) is 9.78 Å². The van der Waals surface area contributed by atoms with Crippen molar-refractivity contribution < 1.29 is 23.9 Å². The molecule has 2 heterocycles. The van der Waals surface area contributed by atoms with E-state index in [-0.39, 0.29) is 12.4 Å². The fraction of sp³-hybridized carbons (Fsp3) is 0.250. The number of aryl methyl sites for hydroxylation is 1. The van der Waals surface area contributed by atoms with E-state index in [9.17, 15) is 14.4 Å². The molecular weight excluding hydrogens is 394 g/mol. The number of thiazole rings is 1. The average Bonchev–Trinajstić information content (AvgIpc) is 3.12. The van der Waals surface area contributed by atoms with Crippen LogP contribution in [0.25, 0.3) is 10.9 Å². The molecule has 0 fully saturated rings. The third-order valence-electron chi connectivity index (χ3n) is 3.83. The first-order valence-electron chi connectivity index (χ1n) is 8.89. The van der Waals surface area contributed by atoms with E-state index in [0.717, 1.165) is 0 Å². The molecule has 0 aliphatic rings. The molecule has 1 amide bonds. The molecule has 0 radical (unpaired) electrons. The number of anilines is 1. The van der Waals surface area contributed by atoms with Crippen molar-refractivity contribution in [1.29, 1.82) is 0 Å². The number of aromatic nitrogens is 2. The number of esters is 2. The maximum absolute atomic E-state index is 12.5. The van der Waals surface area contributed by atoms with Crippen LogP contribution in [-0.4, -0.2) is 41.0 Å². The lowest BCUT2D eigenvalue weighted by Gasteiger charge is -2.08. The Morgan fingerprint density at radius 1 is 1.14 bits per heavy atom. The Labute approximate surface area is 170 Å². The van der Waals surface area contributed by atoms with Gasteiger partial charge in [-0.3, -0.25) is 19.9 Å². The Morgan fingerprint density at radius 3 is 2.72 bits per heavy atom. The summed E-state index contributed by atoms with van der Waals surface area (Å²) < 4.78 is 10.0. The van der Waals surface area contributed by atoms with Crippen molar-refractivity contribution in [2.45, 2.75) is 20.3 Å². The minimum atomic E-state index is -0.607. The van der Waals surface area contributed by atoms with E-state index in [1.54, 1.807) is 37.4 Å². The number of pyridine rings is 1. The number of fused-ring (bicyclic) bond motifs is 1. The van der Waals surface area contributed by atoms with Gasteiger partial charge in [-0.05, 0) is 26.0 Å². The van der Waals surface area contributed by atoms with Crippen LogP contribution in [0.2, 0.25) is 0 Å². The quantitative estimate of drug-likeness (QED) is 0.593. The van der Waals surface area contributed by atoms with Crippen LogP contribution in [0.1, 0.15) is 28.7 Å². The number of para-hydroxylation sites is 1. The first kappa shape index (κ1) is 20.4. The molecule has 9 heteroatoms. The number of benzene rings is 1. The number of rotatable bonds is 7. The Kier molecular flexibility index (Phi) is 6.50. The minimum absolute atomic E-state index is 0.0314. The van der Waals surface area contributed by atoms with Gasteiger partial charge in [-0.1, -0.05) is 18.2 Å². The van der Waals surface area contributed by atoms with Gasteiger partial charge in [0.05, 0.1) is 29.8 Å². The molecular formula is C20H19N3O5S. The molecule has 0 saturated heterocycles. The normalized spacial score (nSPS) is 10.6. The van der Waals surface area contributed by atoms with Crippen LogP contribution in [0.5, 0.6) is 0 Å². The molecule has 0 aliphatic heterocycles. The van der Waals surface area contributed by atoms with Crippen LogP contribution in [-0.2, 0) is 25.5 Å². The second kappa shape index (κ2) is 9.24. The molecule has 0 bridgehead atoms. The molecule has 8 nitrogen and oxygen atoms in total.